The molecule has 1 N–H and O–H groups in total. The first-order chi connectivity index (χ1) is 17.4. The molecule has 6 rings (SSSR count). The monoisotopic (exact) mass is 507 g/mol. The van der Waals surface area contributed by atoms with Gasteiger partial charge in [0.1, 0.15) is 5.65 Å². The second-order valence-corrected chi connectivity index (χ2v) is 12.2. The quantitative estimate of drug-likeness (QED) is 0.578. The lowest BCUT2D eigenvalue weighted by molar-refractivity contribution is 0.222. The Balaban J connectivity index is 1.27. The molecule has 9 nitrogen and oxygen atoms in total. The molecule has 0 radical (unpaired) electrons. The van der Waals surface area contributed by atoms with Gasteiger partial charge in [-0.15, -0.1) is 0 Å². The summed E-state index contributed by atoms with van der Waals surface area (Å²) in [5.74, 6) is 0.504. The smallest absolute Gasteiger partial charge is 0.243 e. The van der Waals surface area contributed by atoms with E-state index in [1.807, 2.05) is 13.2 Å². The van der Waals surface area contributed by atoms with Crippen LogP contribution in [0, 0.1) is 0 Å². The number of nitrogens with one attached hydrogen (secondary N) is 1. The highest BCUT2D eigenvalue weighted by atomic mass is 32.2. The van der Waals surface area contributed by atoms with Crippen molar-refractivity contribution >= 4 is 38.4 Å². The topological polar surface area (TPSA) is 95.7 Å². The molecular formula is C26H33N7O2S. The molecule has 0 bridgehead atoms. The van der Waals surface area contributed by atoms with Crippen LogP contribution in [-0.2, 0) is 22.1 Å². The highest BCUT2D eigenvalue weighted by Crippen LogP contribution is 2.42. The van der Waals surface area contributed by atoms with Gasteiger partial charge in [-0.1, -0.05) is 19.3 Å². The fourth-order valence-corrected chi connectivity index (χ4v) is 7.37. The molecule has 10 heteroatoms. The van der Waals surface area contributed by atoms with Crippen molar-refractivity contribution in [3.05, 3.63) is 42.2 Å². The molecule has 1 aliphatic carbocycles. The summed E-state index contributed by atoms with van der Waals surface area (Å²) in [5.41, 5.74) is 4.01. The van der Waals surface area contributed by atoms with E-state index >= 15 is 0 Å². The Morgan fingerprint density at radius 2 is 1.72 bits per heavy atom. The van der Waals surface area contributed by atoms with Crippen molar-refractivity contribution in [2.45, 2.75) is 56.0 Å². The fourth-order valence-electron chi connectivity index (χ4n) is 5.94. The Labute approximate surface area is 212 Å². The zero-order chi connectivity index (χ0) is 24.9. The summed E-state index contributed by atoms with van der Waals surface area (Å²) in [6, 6.07) is 9.05. The number of fused-ring (bicyclic) bond motifs is 4. The number of anilines is 2. The first-order valence-corrected chi connectivity index (χ1v) is 14.3. The summed E-state index contributed by atoms with van der Waals surface area (Å²) in [6.07, 6.45) is 7.72. The van der Waals surface area contributed by atoms with Gasteiger partial charge < -0.3 is 14.8 Å². The molecule has 2 fully saturated rings. The van der Waals surface area contributed by atoms with E-state index < -0.39 is 10.0 Å². The molecule has 1 saturated heterocycles. The first kappa shape index (κ1) is 23.6. The van der Waals surface area contributed by atoms with E-state index in [1.165, 1.54) is 30.7 Å². The Hall–Kier alpha value is -2.82. The minimum atomic E-state index is -3.49. The SMILES string of the molecule is CC1=NCc2cc3cnc(Nc4ccc(S(=O)(=O)N5CCN(C)CC5)cc4)nc3n2C12CCCCC2. The van der Waals surface area contributed by atoms with E-state index in [4.69, 9.17) is 9.98 Å². The number of nitrogens with zero attached hydrogens (tertiary/aromatic N) is 6. The van der Waals surface area contributed by atoms with Gasteiger partial charge in [-0.05, 0) is 57.1 Å². The average molecular weight is 508 g/mol. The van der Waals surface area contributed by atoms with E-state index in [0.29, 0.717) is 30.5 Å². The molecule has 2 aliphatic heterocycles. The molecule has 0 atom stereocenters. The molecule has 36 heavy (non-hydrogen) atoms. The number of aliphatic imine (C=N–C) groups is 1. The van der Waals surface area contributed by atoms with Crippen molar-refractivity contribution in [1.29, 1.82) is 0 Å². The molecule has 2 aromatic heterocycles. The van der Waals surface area contributed by atoms with Crippen LogP contribution in [0.5, 0.6) is 0 Å². The molecule has 1 saturated carbocycles. The van der Waals surface area contributed by atoms with Gasteiger partial charge in [-0.2, -0.15) is 9.29 Å². The van der Waals surface area contributed by atoms with Crippen molar-refractivity contribution in [2.75, 3.05) is 38.5 Å². The summed E-state index contributed by atoms with van der Waals surface area (Å²) in [6.45, 7) is 5.36. The number of piperazine rings is 1. The number of hydrogen-bond donors (Lipinski definition) is 1. The van der Waals surface area contributed by atoms with Gasteiger partial charge in [0.15, 0.2) is 0 Å². The van der Waals surface area contributed by atoms with E-state index in [9.17, 15) is 8.42 Å². The molecule has 0 unspecified atom stereocenters. The van der Waals surface area contributed by atoms with E-state index in [1.54, 1.807) is 28.6 Å². The van der Waals surface area contributed by atoms with Crippen molar-refractivity contribution in [3.8, 4) is 0 Å². The average Bonchev–Trinajstić information content (AvgIpc) is 3.27. The minimum Gasteiger partial charge on any atom is -0.324 e. The molecule has 3 aromatic rings. The van der Waals surface area contributed by atoms with Crippen LogP contribution < -0.4 is 5.32 Å². The maximum Gasteiger partial charge on any atom is 0.243 e. The van der Waals surface area contributed by atoms with Gasteiger partial charge in [-0.3, -0.25) is 4.99 Å². The number of aromatic nitrogens is 3. The van der Waals surface area contributed by atoms with Crippen LogP contribution in [0.4, 0.5) is 11.6 Å². The van der Waals surface area contributed by atoms with E-state index in [0.717, 1.165) is 42.7 Å². The number of hydrogen-bond acceptors (Lipinski definition) is 7. The fraction of sp³-hybridized carbons (Fsp3) is 0.500. The summed E-state index contributed by atoms with van der Waals surface area (Å²) in [5, 5.41) is 4.31. The van der Waals surface area contributed by atoms with E-state index in [-0.39, 0.29) is 5.54 Å². The lowest BCUT2D eigenvalue weighted by atomic mass is 9.77. The zero-order valence-electron chi connectivity index (χ0n) is 20.9. The lowest BCUT2D eigenvalue weighted by Gasteiger charge is -2.42. The highest BCUT2D eigenvalue weighted by molar-refractivity contribution is 7.89. The lowest BCUT2D eigenvalue weighted by Crippen LogP contribution is -2.46. The third-order valence-electron chi connectivity index (χ3n) is 8.09. The van der Waals surface area contributed by atoms with Crippen LogP contribution in [0.25, 0.3) is 11.0 Å². The highest BCUT2D eigenvalue weighted by Gasteiger charge is 2.41. The van der Waals surface area contributed by atoms with E-state index in [2.05, 4.69) is 32.8 Å². The Bertz CT molecular complexity index is 1410. The van der Waals surface area contributed by atoms with Crippen molar-refractivity contribution < 1.29 is 8.42 Å². The van der Waals surface area contributed by atoms with Gasteiger partial charge in [-0.25, -0.2) is 13.4 Å². The molecular weight excluding hydrogens is 474 g/mol. The maximum atomic E-state index is 13.0. The van der Waals surface area contributed by atoms with Crippen LogP contribution >= 0.6 is 0 Å². The van der Waals surface area contributed by atoms with Crippen molar-refractivity contribution in [2.24, 2.45) is 4.99 Å². The number of benzene rings is 1. The number of likely N-dealkylation sites (N-methyl/N-ethyl adjacent to an activating group) is 1. The Kier molecular flexibility index (Phi) is 5.85. The molecule has 0 amide bonds. The first-order valence-electron chi connectivity index (χ1n) is 12.8. The van der Waals surface area contributed by atoms with Gasteiger partial charge in [0, 0.05) is 54.9 Å². The zero-order valence-corrected chi connectivity index (χ0v) is 21.8. The normalized spacial score (nSPS) is 20.9. The summed E-state index contributed by atoms with van der Waals surface area (Å²) in [4.78, 5) is 16.8. The van der Waals surface area contributed by atoms with Crippen LogP contribution in [-0.4, -0.2) is 71.1 Å². The van der Waals surface area contributed by atoms with Crippen LogP contribution in [0.1, 0.15) is 44.7 Å². The van der Waals surface area contributed by atoms with Crippen LogP contribution in [0.15, 0.2) is 46.4 Å². The van der Waals surface area contributed by atoms with Crippen molar-refractivity contribution in [3.63, 3.8) is 0 Å². The standard InChI is InChI=1S/C26H33N7O2S/c1-19-26(10-4-3-5-11-26)33-22(18-27-19)16-20-17-28-25(30-24(20)33)29-21-6-8-23(9-7-21)36(34,35)32-14-12-31(2)13-15-32/h6-9,16-17H,3-5,10-15,18H2,1-2H3,(H,28,29,30). The molecule has 190 valence electrons. The van der Waals surface area contributed by atoms with Gasteiger partial charge in [0.25, 0.3) is 0 Å². The summed E-state index contributed by atoms with van der Waals surface area (Å²) >= 11 is 0. The molecule has 1 aromatic carbocycles. The van der Waals surface area contributed by atoms with Gasteiger partial charge in [0.05, 0.1) is 17.0 Å². The van der Waals surface area contributed by atoms with Crippen molar-refractivity contribution in [1.82, 2.24) is 23.7 Å². The maximum absolute atomic E-state index is 13.0. The Morgan fingerprint density at radius 1 is 1.00 bits per heavy atom. The van der Waals surface area contributed by atoms with Gasteiger partial charge in [0.2, 0.25) is 16.0 Å². The van der Waals surface area contributed by atoms with Crippen LogP contribution in [0.2, 0.25) is 0 Å². The predicted octanol–water partition coefficient (Wildman–Crippen LogP) is 3.74. The molecule has 4 heterocycles. The third kappa shape index (κ3) is 3.91. The largest absolute Gasteiger partial charge is 0.324 e. The molecule has 3 aliphatic rings. The number of rotatable bonds is 4. The predicted molar refractivity (Wildman–Crippen MR) is 141 cm³/mol. The Morgan fingerprint density at radius 3 is 2.44 bits per heavy atom. The summed E-state index contributed by atoms with van der Waals surface area (Å²) in [7, 11) is -1.48. The third-order valence-corrected chi connectivity index (χ3v) is 10.0. The van der Waals surface area contributed by atoms with Crippen LogP contribution in [0.3, 0.4) is 0 Å². The minimum absolute atomic E-state index is 0.0848. The number of sulfonamides is 1. The second-order valence-electron chi connectivity index (χ2n) is 10.3. The second kappa shape index (κ2) is 8.93. The summed E-state index contributed by atoms with van der Waals surface area (Å²) < 4.78 is 30.1. The van der Waals surface area contributed by atoms with Gasteiger partial charge >= 0.3 is 0 Å². The molecule has 1 spiro atoms.